The van der Waals surface area contributed by atoms with E-state index in [-0.39, 0.29) is 11.6 Å². The minimum atomic E-state index is -0.0541. The Hall–Kier alpha value is -0.0800. The number of unbranched alkanes of at least 4 members (excludes halogenated alkanes) is 1. The van der Waals surface area contributed by atoms with Gasteiger partial charge in [0.25, 0.3) is 0 Å². The van der Waals surface area contributed by atoms with Gasteiger partial charge in [0.15, 0.2) is 0 Å². The Kier molecular flexibility index (Phi) is 5.01. The first kappa shape index (κ1) is 19.2. The molecule has 0 aromatic heterocycles. The molecule has 0 aliphatic heterocycles. The molecule has 8 atom stereocenters. The third kappa shape index (κ3) is 2.57. The average Bonchev–Trinajstić information content (AvgIpc) is 3.01. The fourth-order valence-corrected chi connectivity index (χ4v) is 8.95. The van der Waals surface area contributed by atoms with Crippen LogP contribution in [0.5, 0.6) is 0 Å². The lowest BCUT2D eigenvalue weighted by Crippen LogP contribution is -2.68. The van der Waals surface area contributed by atoms with Crippen molar-refractivity contribution >= 4 is 0 Å². The molecular weight excluding hydrogens is 318 g/mol. The normalized spacial score (nSPS) is 53.7. The summed E-state index contributed by atoms with van der Waals surface area (Å²) in [6, 6.07) is 0. The zero-order chi connectivity index (χ0) is 18.6. The van der Waals surface area contributed by atoms with Gasteiger partial charge in [-0.25, -0.2) is 0 Å². The predicted molar refractivity (Wildman–Crippen MR) is 109 cm³/mol. The molecule has 2 heteroatoms. The summed E-state index contributed by atoms with van der Waals surface area (Å²) >= 11 is 0. The zero-order valence-corrected chi connectivity index (χ0v) is 17.6. The first-order valence-electron chi connectivity index (χ1n) is 11.9. The van der Waals surface area contributed by atoms with E-state index in [0.717, 1.165) is 24.7 Å². The third-order valence-corrected chi connectivity index (χ3v) is 10.3. The van der Waals surface area contributed by atoms with Crippen molar-refractivity contribution < 1.29 is 5.11 Å². The average molecular weight is 362 g/mol. The summed E-state index contributed by atoms with van der Waals surface area (Å²) < 4.78 is 0. The van der Waals surface area contributed by atoms with Crippen LogP contribution >= 0.6 is 0 Å². The van der Waals surface area contributed by atoms with Crippen molar-refractivity contribution in [3.05, 3.63) is 0 Å². The Bertz CT molecular complexity index is 520. The quantitative estimate of drug-likeness (QED) is 0.678. The summed E-state index contributed by atoms with van der Waals surface area (Å²) in [5, 5.41) is 10.2. The Morgan fingerprint density at radius 1 is 0.962 bits per heavy atom. The number of fused-ring (bicyclic) bond motifs is 5. The van der Waals surface area contributed by atoms with E-state index < -0.39 is 0 Å². The number of hydrogen-bond donors (Lipinski definition) is 2. The summed E-state index contributed by atoms with van der Waals surface area (Å²) in [6.45, 7) is 7.36. The lowest BCUT2D eigenvalue weighted by atomic mass is 9.41. The molecule has 0 aromatic rings. The largest absolute Gasteiger partial charge is 0.393 e. The molecule has 0 bridgehead atoms. The first-order valence-corrected chi connectivity index (χ1v) is 11.9. The van der Waals surface area contributed by atoms with E-state index in [1.165, 1.54) is 70.6 Å². The molecule has 3 N–H and O–H groups in total. The zero-order valence-electron chi connectivity index (χ0n) is 17.6. The van der Waals surface area contributed by atoms with Crippen LogP contribution in [0.4, 0.5) is 0 Å². The Labute approximate surface area is 161 Å². The maximum absolute atomic E-state index is 10.2. The summed E-state index contributed by atoms with van der Waals surface area (Å²) in [5.74, 6) is 3.08. The van der Waals surface area contributed by atoms with Gasteiger partial charge in [-0.2, -0.15) is 0 Å². The second-order valence-corrected chi connectivity index (χ2v) is 10.9. The van der Waals surface area contributed by atoms with Gasteiger partial charge in [-0.05, 0) is 105 Å². The standard InChI is InChI=1S/C24H43NO/c1-4-6-7-17-8-9-21-23(17,5-2)14-12-20-22(3)13-11-19(26)16-18(22)10-15-24(20,21)25/h17-21,26H,4-16,25H2,1-3H3/t17?,18?,19-,20?,21?,22?,23?,24?/m1/s1. The van der Waals surface area contributed by atoms with Gasteiger partial charge in [-0.3, -0.25) is 0 Å². The molecule has 0 amide bonds. The van der Waals surface area contributed by atoms with Crippen LogP contribution in [0.2, 0.25) is 0 Å². The van der Waals surface area contributed by atoms with Gasteiger partial charge < -0.3 is 10.8 Å². The third-order valence-electron chi connectivity index (χ3n) is 10.3. The van der Waals surface area contributed by atoms with Crippen LogP contribution in [0.15, 0.2) is 0 Å². The van der Waals surface area contributed by atoms with Gasteiger partial charge in [0.1, 0.15) is 0 Å². The van der Waals surface area contributed by atoms with E-state index in [0.29, 0.717) is 22.7 Å². The van der Waals surface area contributed by atoms with Crippen LogP contribution in [0.3, 0.4) is 0 Å². The molecule has 4 rings (SSSR count). The van der Waals surface area contributed by atoms with Crippen LogP contribution in [0.25, 0.3) is 0 Å². The van der Waals surface area contributed by atoms with E-state index in [4.69, 9.17) is 5.73 Å². The summed E-state index contributed by atoms with van der Waals surface area (Å²) in [7, 11) is 0. The SMILES string of the molecule is CCCCC1CCC2C3(N)CCC4C[C@H](O)CCC4(C)C3CCC12CC. The summed E-state index contributed by atoms with van der Waals surface area (Å²) in [4.78, 5) is 0. The van der Waals surface area contributed by atoms with Gasteiger partial charge in [0, 0.05) is 5.54 Å². The maximum atomic E-state index is 10.2. The molecule has 4 aliphatic rings. The van der Waals surface area contributed by atoms with Crippen LogP contribution in [-0.2, 0) is 0 Å². The molecule has 0 spiro atoms. The van der Waals surface area contributed by atoms with Crippen LogP contribution in [0, 0.1) is 34.5 Å². The van der Waals surface area contributed by atoms with Crippen molar-refractivity contribution in [1.82, 2.24) is 0 Å². The second-order valence-electron chi connectivity index (χ2n) is 10.9. The highest BCUT2D eigenvalue weighted by Crippen LogP contribution is 2.69. The Morgan fingerprint density at radius 2 is 1.77 bits per heavy atom. The minimum absolute atomic E-state index is 0.0541. The predicted octanol–water partition coefficient (Wildman–Crippen LogP) is 5.67. The molecule has 150 valence electrons. The van der Waals surface area contributed by atoms with Crippen molar-refractivity contribution in [3.63, 3.8) is 0 Å². The van der Waals surface area contributed by atoms with Gasteiger partial charge in [0.2, 0.25) is 0 Å². The van der Waals surface area contributed by atoms with Crippen LogP contribution in [-0.4, -0.2) is 16.7 Å². The summed E-state index contributed by atoms with van der Waals surface area (Å²) in [6.07, 6.45) is 16.8. The lowest BCUT2D eigenvalue weighted by molar-refractivity contribution is -0.144. The van der Waals surface area contributed by atoms with Gasteiger partial charge in [0.05, 0.1) is 6.10 Å². The van der Waals surface area contributed by atoms with E-state index >= 15 is 0 Å². The number of aliphatic hydroxyl groups excluding tert-OH is 1. The number of nitrogens with two attached hydrogens (primary N) is 1. The smallest absolute Gasteiger partial charge is 0.0543 e. The highest BCUT2D eigenvalue weighted by Gasteiger charge is 2.66. The minimum Gasteiger partial charge on any atom is -0.393 e. The lowest BCUT2D eigenvalue weighted by Gasteiger charge is -2.66. The maximum Gasteiger partial charge on any atom is 0.0543 e. The van der Waals surface area contributed by atoms with Crippen molar-refractivity contribution in [3.8, 4) is 0 Å². The van der Waals surface area contributed by atoms with Crippen molar-refractivity contribution in [2.24, 2.45) is 40.2 Å². The molecule has 4 aliphatic carbocycles. The molecule has 26 heavy (non-hydrogen) atoms. The fourth-order valence-electron chi connectivity index (χ4n) is 8.95. The molecule has 0 saturated heterocycles. The van der Waals surface area contributed by atoms with E-state index in [2.05, 4.69) is 20.8 Å². The van der Waals surface area contributed by atoms with E-state index in [9.17, 15) is 5.11 Å². The highest BCUT2D eigenvalue weighted by molar-refractivity contribution is 5.18. The number of aliphatic hydroxyl groups is 1. The Morgan fingerprint density at radius 3 is 2.50 bits per heavy atom. The van der Waals surface area contributed by atoms with Crippen molar-refractivity contribution in [1.29, 1.82) is 0 Å². The number of rotatable bonds is 4. The first-order chi connectivity index (χ1) is 12.4. The topological polar surface area (TPSA) is 46.2 Å². The highest BCUT2D eigenvalue weighted by atomic mass is 16.3. The van der Waals surface area contributed by atoms with Gasteiger partial charge in [-0.1, -0.05) is 33.6 Å². The van der Waals surface area contributed by atoms with Crippen LogP contribution < -0.4 is 5.73 Å². The monoisotopic (exact) mass is 361 g/mol. The number of hydrogen-bond acceptors (Lipinski definition) is 2. The molecule has 0 aromatic carbocycles. The van der Waals surface area contributed by atoms with Gasteiger partial charge >= 0.3 is 0 Å². The molecular formula is C24H43NO. The molecule has 4 fully saturated rings. The molecule has 7 unspecified atom stereocenters. The molecule has 0 radical (unpaired) electrons. The van der Waals surface area contributed by atoms with E-state index in [1.807, 2.05) is 0 Å². The van der Waals surface area contributed by atoms with Crippen molar-refractivity contribution in [2.45, 2.75) is 116 Å². The Balaban J connectivity index is 1.63. The summed E-state index contributed by atoms with van der Waals surface area (Å²) in [5.41, 5.74) is 8.46. The van der Waals surface area contributed by atoms with Gasteiger partial charge in [-0.15, -0.1) is 0 Å². The van der Waals surface area contributed by atoms with Crippen LogP contribution in [0.1, 0.15) is 104 Å². The van der Waals surface area contributed by atoms with E-state index in [1.54, 1.807) is 0 Å². The molecule has 0 heterocycles. The van der Waals surface area contributed by atoms with Crippen molar-refractivity contribution in [2.75, 3.05) is 0 Å². The fraction of sp³-hybridized carbons (Fsp3) is 1.00. The second kappa shape index (κ2) is 6.76. The molecule has 2 nitrogen and oxygen atoms in total. The molecule has 4 saturated carbocycles.